The second-order valence-corrected chi connectivity index (χ2v) is 28.7. The minimum absolute atomic E-state index is 0.0921. The van der Waals surface area contributed by atoms with Crippen molar-refractivity contribution in [1.82, 2.24) is 0 Å². The van der Waals surface area contributed by atoms with Gasteiger partial charge in [0.1, 0.15) is 23.0 Å². The van der Waals surface area contributed by atoms with Gasteiger partial charge in [-0.1, -0.05) is 210 Å². The summed E-state index contributed by atoms with van der Waals surface area (Å²) in [5.41, 5.74) is 21.3. The molecule has 2 spiro atoms. The summed E-state index contributed by atoms with van der Waals surface area (Å²) in [6.07, 6.45) is 0. The third-order valence-electron chi connectivity index (χ3n) is 18.6. The predicted molar refractivity (Wildman–Crippen MR) is 344 cm³/mol. The largest absolute Gasteiger partial charge is 0.457 e. The summed E-state index contributed by atoms with van der Waals surface area (Å²) in [5, 5.41) is 2.49. The van der Waals surface area contributed by atoms with Gasteiger partial charge in [-0.2, -0.15) is 0 Å². The fourth-order valence-electron chi connectivity index (χ4n) is 14.5. The number of rotatable bonds is 3. The summed E-state index contributed by atoms with van der Waals surface area (Å²) < 4.78 is 16.9. The third kappa shape index (κ3) is 7.06. The predicted octanol–water partition coefficient (Wildman–Crippen LogP) is 21.7. The molecular formula is C78H69NO2S. The van der Waals surface area contributed by atoms with Crippen LogP contribution in [0.15, 0.2) is 200 Å². The molecule has 0 bridgehead atoms. The van der Waals surface area contributed by atoms with Crippen LogP contribution in [-0.2, 0) is 32.5 Å². The molecule has 0 saturated heterocycles. The molecule has 404 valence electrons. The maximum atomic E-state index is 7.25. The molecule has 82 heavy (non-hydrogen) atoms. The van der Waals surface area contributed by atoms with E-state index < -0.39 is 10.8 Å². The number of fused-ring (bicyclic) bond motifs is 21. The zero-order valence-electron chi connectivity index (χ0n) is 49.2. The average molecular weight is 1080 g/mol. The molecular weight excluding hydrogens is 1010 g/mol. The lowest BCUT2D eigenvalue weighted by Crippen LogP contribution is -2.33. The molecule has 2 aliphatic carbocycles. The number of nitrogens with zero attached hydrogens (tertiary/aromatic N) is 1. The molecule has 3 heterocycles. The lowest BCUT2D eigenvalue weighted by atomic mass is 9.64. The van der Waals surface area contributed by atoms with Crippen LogP contribution in [0.1, 0.15) is 150 Å². The Balaban J connectivity index is 1.08. The molecule has 0 N–H and O–H groups in total. The van der Waals surface area contributed by atoms with Gasteiger partial charge in [-0.25, -0.2) is 0 Å². The molecule has 4 aliphatic rings. The normalized spacial score (nSPS) is 15.0. The van der Waals surface area contributed by atoms with E-state index in [1.807, 2.05) is 11.3 Å². The third-order valence-corrected chi connectivity index (χ3v) is 19.8. The first-order valence-corrected chi connectivity index (χ1v) is 30.1. The van der Waals surface area contributed by atoms with Crippen molar-refractivity contribution < 1.29 is 9.47 Å². The van der Waals surface area contributed by atoms with E-state index in [4.69, 9.17) is 9.47 Å². The molecule has 0 unspecified atom stereocenters. The first kappa shape index (κ1) is 50.8. The van der Waals surface area contributed by atoms with Crippen molar-refractivity contribution in [3.63, 3.8) is 0 Å². The van der Waals surface area contributed by atoms with Crippen molar-refractivity contribution in [2.24, 2.45) is 0 Å². The fraction of sp³-hybridized carbons (Fsp3) is 0.231. The van der Waals surface area contributed by atoms with Gasteiger partial charge in [-0.3, -0.25) is 0 Å². The highest BCUT2D eigenvalue weighted by molar-refractivity contribution is 7.26. The van der Waals surface area contributed by atoms with Crippen LogP contribution < -0.4 is 14.4 Å². The summed E-state index contributed by atoms with van der Waals surface area (Å²) in [6.45, 7) is 27.9. The van der Waals surface area contributed by atoms with E-state index in [0.717, 1.165) is 51.2 Å². The standard InChI is InChI=1S/C78H69NO2S/c1-73(2,3)46-31-36-51-52-37-32-47(74(4,5)6)42-59(52)78(58(51)41-46)56-24-16-17-28-65(56)80-68-40-35-50(45-62(68)78)79(64-27-20-30-70-72(64)54-22-14-18-29-69(54)82-70)63-26-19-25-57-71(63)53-21-13-15-23-55(53)77(57)60-43-48(75(7,8)9)33-38-66(60)81-67-39-34-49(44-61(67)77)76(10,11)12/h13-45H,1-12H3. The molecule has 4 heteroatoms. The van der Waals surface area contributed by atoms with Crippen LogP contribution in [0, 0.1) is 0 Å². The van der Waals surface area contributed by atoms with Gasteiger partial charge in [-0.15, -0.1) is 11.3 Å². The minimum atomic E-state index is -0.722. The molecule has 11 aromatic rings. The van der Waals surface area contributed by atoms with Gasteiger partial charge in [0.15, 0.2) is 0 Å². The molecule has 0 atom stereocenters. The number of para-hydroxylation sites is 1. The first-order chi connectivity index (χ1) is 39.2. The molecule has 1 aromatic heterocycles. The van der Waals surface area contributed by atoms with Gasteiger partial charge in [0.25, 0.3) is 0 Å². The molecule has 15 rings (SSSR count). The van der Waals surface area contributed by atoms with E-state index in [2.05, 4.69) is 288 Å². The van der Waals surface area contributed by atoms with Crippen LogP contribution in [-0.4, -0.2) is 0 Å². The van der Waals surface area contributed by atoms with Crippen LogP contribution >= 0.6 is 11.3 Å². The minimum Gasteiger partial charge on any atom is -0.457 e. The van der Waals surface area contributed by atoms with Crippen molar-refractivity contribution in [2.45, 2.75) is 116 Å². The molecule has 2 aliphatic heterocycles. The molecule has 0 amide bonds. The Bertz CT molecular complexity index is 4390. The number of ether oxygens (including phenoxy) is 2. The Morgan fingerprint density at radius 2 is 0.768 bits per heavy atom. The van der Waals surface area contributed by atoms with E-state index in [1.54, 1.807) is 0 Å². The maximum absolute atomic E-state index is 7.25. The lowest BCUT2D eigenvalue weighted by molar-refractivity contribution is 0.433. The number of hydrogen-bond donors (Lipinski definition) is 0. The quantitative estimate of drug-likeness (QED) is 0.176. The lowest BCUT2D eigenvalue weighted by Gasteiger charge is -2.41. The van der Waals surface area contributed by atoms with Crippen molar-refractivity contribution in [2.75, 3.05) is 4.90 Å². The zero-order chi connectivity index (χ0) is 56.6. The summed E-state index contributed by atoms with van der Waals surface area (Å²) >= 11 is 1.87. The van der Waals surface area contributed by atoms with Crippen LogP contribution in [0.5, 0.6) is 23.0 Å². The molecule has 0 fully saturated rings. The summed E-state index contributed by atoms with van der Waals surface area (Å²) in [4.78, 5) is 2.61. The summed E-state index contributed by atoms with van der Waals surface area (Å²) in [6, 6.07) is 76.7. The smallest absolute Gasteiger partial charge is 0.132 e. The van der Waals surface area contributed by atoms with Crippen LogP contribution in [0.2, 0.25) is 0 Å². The number of anilines is 3. The highest BCUT2D eigenvalue weighted by Gasteiger charge is 2.55. The molecule has 0 radical (unpaired) electrons. The summed E-state index contributed by atoms with van der Waals surface area (Å²) in [7, 11) is 0. The van der Waals surface area contributed by atoms with Crippen LogP contribution in [0.4, 0.5) is 17.1 Å². The Hall–Kier alpha value is -8.18. The van der Waals surface area contributed by atoms with Gasteiger partial charge in [0, 0.05) is 53.7 Å². The van der Waals surface area contributed by atoms with E-state index in [1.165, 1.54) is 98.1 Å². The van der Waals surface area contributed by atoms with Gasteiger partial charge in [0.05, 0.1) is 22.2 Å². The average Bonchev–Trinajstić information content (AvgIpc) is 1.65. The van der Waals surface area contributed by atoms with Gasteiger partial charge < -0.3 is 14.4 Å². The zero-order valence-corrected chi connectivity index (χ0v) is 50.0. The summed E-state index contributed by atoms with van der Waals surface area (Å²) in [5.74, 6) is 3.54. The Morgan fingerprint density at radius 3 is 1.38 bits per heavy atom. The van der Waals surface area contributed by atoms with E-state index in [9.17, 15) is 0 Å². The Labute approximate surface area is 487 Å². The van der Waals surface area contributed by atoms with E-state index in [-0.39, 0.29) is 21.7 Å². The Morgan fingerprint density at radius 1 is 0.329 bits per heavy atom. The Kier molecular flexibility index (Phi) is 10.6. The fourth-order valence-corrected chi connectivity index (χ4v) is 15.6. The SMILES string of the molecule is CC(C)(C)c1ccc2c(c1)C1(c3cc(C(C)(C)C)ccc3O2)c2ccccc2-c2c(N(c3ccc4c(c3)C3(c5ccccc5O4)c4cc(C(C)(C)C)ccc4-c4ccc(C(C)(C)C)cc43)c3cccc4sc5ccccc5c34)cccc21. The number of hydrogen-bond acceptors (Lipinski definition) is 4. The van der Waals surface area contributed by atoms with Crippen LogP contribution in [0.25, 0.3) is 42.4 Å². The molecule has 3 nitrogen and oxygen atoms in total. The number of benzene rings is 10. The van der Waals surface area contributed by atoms with E-state index >= 15 is 0 Å². The van der Waals surface area contributed by atoms with Crippen molar-refractivity contribution >= 4 is 48.6 Å². The van der Waals surface area contributed by atoms with Crippen LogP contribution in [0.3, 0.4) is 0 Å². The molecule has 0 saturated carbocycles. The highest BCUT2D eigenvalue weighted by Crippen LogP contribution is 2.67. The van der Waals surface area contributed by atoms with Gasteiger partial charge in [-0.05, 0) is 156 Å². The molecule has 10 aromatic carbocycles. The highest BCUT2D eigenvalue weighted by atomic mass is 32.1. The second-order valence-electron chi connectivity index (χ2n) is 27.7. The van der Waals surface area contributed by atoms with Gasteiger partial charge in [0.2, 0.25) is 0 Å². The maximum Gasteiger partial charge on any atom is 0.132 e. The van der Waals surface area contributed by atoms with Crippen molar-refractivity contribution in [3.05, 3.63) is 267 Å². The van der Waals surface area contributed by atoms with E-state index in [0.29, 0.717) is 0 Å². The first-order valence-electron chi connectivity index (χ1n) is 29.3. The topological polar surface area (TPSA) is 21.7 Å². The van der Waals surface area contributed by atoms with Gasteiger partial charge >= 0.3 is 0 Å². The van der Waals surface area contributed by atoms with Crippen molar-refractivity contribution in [3.8, 4) is 45.3 Å². The van der Waals surface area contributed by atoms with Crippen molar-refractivity contribution in [1.29, 1.82) is 0 Å². The number of thiophene rings is 1. The second kappa shape index (κ2) is 17.2. The monoisotopic (exact) mass is 1080 g/mol.